The fraction of sp³-hybridized carbons (Fsp3) is 0.250. The molecule has 2 rings (SSSR count). The summed E-state index contributed by atoms with van der Waals surface area (Å²) < 4.78 is 66.8. The van der Waals surface area contributed by atoms with Gasteiger partial charge >= 0.3 is 0 Å². The minimum atomic E-state index is -4.20. The van der Waals surface area contributed by atoms with Gasteiger partial charge in [-0.1, -0.05) is 26.0 Å². The highest BCUT2D eigenvalue weighted by atomic mass is 32.2. The third kappa shape index (κ3) is 4.11. The van der Waals surface area contributed by atoms with Crippen molar-refractivity contribution in [3.8, 4) is 0 Å². The highest BCUT2D eigenvalue weighted by Gasteiger charge is 2.26. The lowest BCUT2D eigenvalue weighted by Crippen LogP contribution is -2.32. The van der Waals surface area contributed by atoms with Crippen molar-refractivity contribution in [1.82, 2.24) is 4.72 Å². The standard InChI is InChI=1S/C16H16F3NO2S/c1-10(2)16(11-3-5-12(17)6-4-11)20-23(21,22)15-8-7-13(18)9-14(15)19/h3-10,16,20H,1-2H3. The van der Waals surface area contributed by atoms with E-state index in [4.69, 9.17) is 0 Å². The van der Waals surface area contributed by atoms with Crippen LogP contribution in [0.25, 0.3) is 0 Å². The summed E-state index contributed by atoms with van der Waals surface area (Å²) in [6, 6.07) is 6.94. The van der Waals surface area contributed by atoms with Crippen molar-refractivity contribution in [2.45, 2.75) is 24.8 Å². The highest BCUT2D eigenvalue weighted by molar-refractivity contribution is 7.89. The van der Waals surface area contributed by atoms with E-state index in [1.165, 1.54) is 24.3 Å². The minimum absolute atomic E-state index is 0.168. The first-order valence-electron chi connectivity index (χ1n) is 6.93. The molecule has 2 aromatic carbocycles. The molecule has 0 saturated carbocycles. The molecule has 2 aromatic rings. The number of nitrogens with one attached hydrogen (secondary N) is 1. The second-order valence-corrected chi connectivity index (χ2v) is 7.15. The molecule has 0 fully saturated rings. The van der Waals surface area contributed by atoms with Gasteiger partial charge in [-0.15, -0.1) is 0 Å². The second kappa shape index (κ2) is 6.72. The molecule has 1 unspecified atom stereocenters. The van der Waals surface area contributed by atoms with E-state index < -0.39 is 38.4 Å². The molecule has 1 atom stereocenters. The quantitative estimate of drug-likeness (QED) is 0.898. The molecule has 23 heavy (non-hydrogen) atoms. The number of benzene rings is 2. The molecule has 0 heterocycles. The number of rotatable bonds is 5. The Morgan fingerprint density at radius 2 is 1.48 bits per heavy atom. The van der Waals surface area contributed by atoms with Crippen LogP contribution in [0.4, 0.5) is 13.2 Å². The topological polar surface area (TPSA) is 46.2 Å². The van der Waals surface area contributed by atoms with Gasteiger partial charge in [-0.25, -0.2) is 26.3 Å². The van der Waals surface area contributed by atoms with Crippen molar-refractivity contribution in [2.75, 3.05) is 0 Å². The van der Waals surface area contributed by atoms with Crippen LogP contribution in [0, 0.1) is 23.4 Å². The first-order chi connectivity index (χ1) is 10.7. The summed E-state index contributed by atoms with van der Waals surface area (Å²) in [7, 11) is -4.20. The molecule has 1 N–H and O–H groups in total. The molecule has 0 aromatic heterocycles. The van der Waals surface area contributed by atoms with Gasteiger partial charge in [0.05, 0.1) is 0 Å². The molecule has 0 radical (unpaired) electrons. The Labute approximate surface area is 133 Å². The maximum Gasteiger partial charge on any atom is 0.244 e. The van der Waals surface area contributed by atoms with Crippen molar-refractivity contribution >= 4 is 10.0 Å². The zero-order chi connectivity index (χ0) is 17.2. The van der Waals surface area contributed by atoms with Gasteiger partial charge in [0, 0.05) is 12.1 Å². The van der Waals surface area contributed by atoms with Gasteiger partial charge in [0.15, 0.2) is 0 Å². The van der Waals surface area contributed by atoms with Crippen LogP contribution >= 0.6 is 0 Å². The monoisotopic (exact) mass is 343 g/mol. The lowest BCUT2D eigenvalue weighted by Gasteiger charge is -2.23. The molecule has 7 heteroatoms. The molecule has 0 saturated heterocycles. The summed E-state index contributed by atoms with van der Waals surface area (Å²) in [5.41, 5.74) is 0.549. The third-order valence-corrected chi connectivity index (χ3v) is 4.84. The Kier molecular flexibility index (Phi) is 5.11. The fourth-order valence-electron chi connectivity index (χ4n) is 2.18. The number of halogens is 3. The molecule has 0 aliphatic heterocycles. The lowest BCUT2D eigenvalue weighted by molar-refractivity contribution is 0.459. The van der Waals surface area contributed by atoms with E-state index in [9.17, 15) is 21.6 Å². The summed E-state index contributed by atoms with van der Waals surface area (Å²) in [5, 5.41) is 0. The number of sulfonamides is 1. The van der Waals surface area contributed by atoms with E-state index in [2.05, 4.69) is 4.72 Å². The second-order valence-electron chi connectivity index (χ2n) is 5.47. The van der Waals surface area contributed by atoms with E-state index >= 15 is 0 Å². The zero-order valence-corrected chi connectivity index (χ0v) is 13.4. The van der Waals surface area contributed by atoms with E-state index in [1.807, 2.05) is 0 Å². The summed E-state index contributed by atoms with van der Waals surface area (Å²) in [5.74, 6) is -2.64. The highest BCUT2D eigenvalue weighted by Crippen LogP contribution is 2.25. The van der Waals surface area contributed by atoms with Crippen LogP contribution in [0.5, 0.6) is 0 Å². The van der Waals surface area contributed by atoms with E-state index in [-0.39, 0.29) is 5.92 Å². The van der Waals surface area contributed by atoms with Crippen LogP contribution in [0.3, 0.4) is 0 Å². The lowest BCUT2D eigenvalue weighted by atomic mass is 9.97. The molecule has 0 aliphatic rings. The Bertz CT molecular complexity index is 789. The van der Waals surface area contributed by atoms with Crippen LogP contribution < -0.4 is 4.72 Å². The third-order valence-electron chi connectivity index (χ3n) is 3.36. The van der Waals surface area contributed by atoms with E-state index in [0.717, 1.165) is 12.1 Å². The smallest absolute Gasteiger partial charge is 0.207 e. The maximum absolute atomic E-state index is 13.7. The van der Waals surface area contributed by atoms with Crippen LogP contribution in [-0.2, 0) is 10.0 Å². The molecule has 0 spiro atoms. The van der Waals surface area contributed by atoms with E-state index in [0.29, 0.717) is 11.6 Å². The van der Waals surface area contributed by atoms with Crippen LogP contribution in [0.2, 0.25) is 0 Å². The molecule has 0 bridgehead atoms. The predicted octanol–water partition coefficient (Wildman–Crippen LogP) is 3.78. The Hall–Kier alpha value is -1.86. The van der Waals surface area contributed by atoms with Crippen molar-refractivity contribution in [3.05, 3.63) is 65.5 Å². The minimum Gasteiger partial charge on any atom is -0.207 e. The molecule has 3 nitrogen and oxygen atoms in total. The van der Waals surface area contributed by atoms with Crippen LogP contribution in [-0.4, -0.2) is 8.42 Å². The van der Waals surface area contributed by atoms with Crippen molar-refractivity contribution in [3.63, 3.8) is 0 Å². The molecule has 124 valence electrons. The van der Waals surface area contributed by atoms with Gasteiger partial charge < -0.3 is 0 Å². The largest absolute Gasteiger partial charge is 0.244 e. The first-order valence-corrected chi connectivity index (χ1v) is 8.42. The SMILES string of the molecule is CC(C)C(NS(=O)(=O)c1ccc(F)cc1F)c1ccc(F)cc1. The van der Waals surface area contributed by atoms with Gasteiger partial charge in [0.25, 0.3) is 0 Å². The van der Waals surface area contributed by atoms with Gasteiger partial charge in [0.1, 0.15) is 22.3 Å². The first kappa shape index (κ1) is 17.5. The van der Waals surface area contributed by atoms with Crippen LogP contribution in [0.1, 0.15) is 25.5 Å². The van der Waals surface area contributed by atoms with Gasteiger partial charge in [-0.05, 0) is 35.7 Å². The van der Waals surface area contributed by atoms with Gasteiger partial charge in [0.2, 0.25) is 10.0 Å². The Balaban J connectivity index is 2.37. The summed E-state index contributed by atoms with van der Waals surface area (Å²) >= 11 is 0. The number of hydrogen-bond acceptors (Lipinski definition) is 2. The average Bonchev–Trinajstić information content (AvgIpc) is 2.45. The Morgan fingerprint density at radius 3 is 2.00 bits per heavy atom. The summed E-state index contributed by atoms with van der Waals surface area (Å²) in [6.07, 6.45) is 0. The number of hydrogen-bond donors (Lipinski definition) is 1. The van der Waals surface area contributed by atoms with E-state index in [1.54, 1.807) is 13.8 Å². The average molecular weight is 343 g/mol. The predicted molar refractivity (Wildman–Crippen MR) is 80.7 cm³/mol. The van der Waals surface area contributed by atoms with Crippen molar-refractivity contribution in [2.24, 2.45) is 5.92 Å². The maximum atomic E-state index is 13.7. The zero-order valence-electron chi connectivity index (χ0n) is 12.6. The van der Waals surface area contributed by atoms with Gasteiger partial charge in [-0.2, -0.15) is 0 Å². The molecular weight excluding hydrogens is 327 g/mol. The summed E-state index contributed by atoms with van der Waals surface area (Å²) in [6.45, 7) is 3.55. The van der Waals surface area contributed by atoms with Crippen molar-refractivity contribution in [1.29, 1.82) is 0 Å². The fourth-order valence-corrected chi connectivity index (χ4v) is 3.62. The summed E-state index contributed by atoms with van der Waals surface area (Å²) in [4.78, 5) is -0.633. The molecular formula is C16H16F3NO2S. The Morgan fingerprint density at radius 1 is 0.913 bits per heavy atom. The van der Waals surface area contributed by atoms with Gasteiger partial charge in [-0.3, -0.25) is 0 Å². The normalized spacial score (nSPS) is 13.3. The van der Waals surface area contributed by atoms with Crippen LogP contribution in [0.15, 0.2) is 47.4 Å². The molecule has 0 amide bonds. The van der Waals surface area contributed by atoms with Crippen molar-refractivity contribution < 1.29 is 21.6 Å². The molecule has 0 aliphatic carbocycles.